The van der Waals surface area contributed by atoms with Crippen LogP contribution < -0.4 is 0 Å². The lowest BCUT2D eigenvalue weighted by Gasteiger charge is -2.18. The van der Waals surface area contributed by atoms with E-state index in [2.05, 4.69) is 11.1 Å². The van der Waals surface area contributed by atoms with Crippen LogP contribution in [0.5, 0.6) is 0 Å². The lowest BCUT2D eigenvalue weighted by Crippen LogP contribution is -2.26. The van der Waals surface area contributed by atoms with Gasteiger partial charge in [0, 0.05) is 23.8 Å². The van der Waals surface area contributed by atoms with Crippen LogP contribution in [0.25, 0.3) is 0 Å². The van der Waals surface area contributed by atoms with Crippen molar-refractivity contribution >= 4 is 23.6 Å². The molecule has 1 aromatic rings. The summed E-state index contributed by atoms with van der Waals surface area (Å²) < 4.78 is 0. The van der Waals surface area contributed by atoms with E-state index in [4.69, 9.17) is 5.11 Å². The standard InChI is InChI=1S/C14H16N2O3S/c1-16(10-4-2-3-5-10)13(17)9-20-11-6-7-15-12(8-11)14(18)19/h4,6-8H,2-3,5,9H2,1H3,(H,18,19). The number of hydrogen-bond donors (Lipinski definition) is 1. The van der Waals surface area contributed by atoms with Gasteiger partial charge in [0.2, 0.25) is 5.91 Å². The van der Waals surface area contributed by atoms with Gasteiger partial charge in [-0.15, -0.1) is 11.8 Å². The van der Waals surface area contributed by atoms with E-state index >= 15 is 0 Å². The van der Waals surface area contributed by atoms with Crippen molar-refractivity contribution in [1.82, 2.24) is 9.88 Å². The number of carboxylic acid groups (broad SMARTS) is 1. The fraction of sp³-hybridized carbons (Fsp3) is 0.357. The van der Waals surface area contributed by atoms with E-state index in [1.54, 1.807) is 18.0 Å². The number of pyridine rings is 1. The average molecular weight is 292 g/mol. The molecule has 0 bridgehead atoms. The van der Waals surface area contributed by atoms with Crippen molar-refractivity contribution in [3.63, 3.8) is 0 Å². The van der Waals surface area contributed by atoms with Crippen LogP contribution in [-0.4, -0.2) is 39.7 Å². The number of allylic oxidation sites excluding steroid dienone is 2. The number of aromatic carboxylic acids is 1. The largest absolute Gasteiger partial charge is 0.477 e. The predicted molar refractivity (Wildman–Crippen MR) is 76.6 cm³/mol. The third-order valence-electron chi connectivity index (χ3n) is 3.13. The molecule has 20 heavy (non-hydrogen) atoms. The van der Waals surface area contributed by atoms with Crippen LogP contribution >= 0.6 is 11.8 Å². The zero-order chi connectivity index (χ0) is 14.5. The minimum Gasteiger partial charge on any atom is -0.477 e. The second kappa shape index (κ2) is 6.56. The van der Waals surface area contributed by atoms with Gasteiger partial charge >= 0.3 is 5.97 Å². The molecule has 6 heteroatoms. The number of amides is 1. The van der Waals surface area contributed by atoms with Crippen LogP contribution in [0.15, 0.2) is 35.0 Å². The first-order valence-corrected chi connectivity index (χ1v) is 7.34. The minimum atomic E-state index is -1.06. The quantitative estimate of drug-likeness (QED) is 0.844. The van der Waals surface area contributed by atoms with Gasteiger partial charge in [-0.1, -0.05) is 6.08 Å². The number of hydrogen-bond acceptors (Lipinski definition) is 4. The Hall–Kier alpha value is -1.82. The molecular weight excluding hydrogens is 276 g/mol. The van der Waals surface area contributed by atoms with E-state index in [1.165, 1.54) is 24.0 Å². The SMILES string of the molecule is CN(C(=O)CSc1ccnc(C(=O)O)c1)C1=CCCC1. The zero-order valence-corrected chi connectivity index (χ0v) is 12.0. The second-order valence-electron chi connectivity index (χ2n) is 4.51. The number of thioether (sulfide) groups is 1. The molecule has 0 spiro atoms. The minimum absolute atomic E-state index is 0.00527. The van der Waals surface area contributed by atoms with E-state index in [0.717, 1.165) is 29.9 Å². The number of carboxylic acids is 1. The number of carbonyl (C=O) groups is 2. The van der Waals surface area contributed by atoms with Gasteiger partial charge in [0.1, 0.15) is 5.69 Å². The molecule has 0 radical (unpaired) electrons. The fourth-order valence-electron chi connectivity index (χ4n) is 1.98. The summed E-state index contributed by atoms with van der Waals surface area (Å²) in [5.74, 6) is -0.750. The van der Waals surface area contributed by atoms with Crippen molar-refractivity contribution < 1.29 is 14.7 Å². The zero-order valence-electron chi connectivity index (χ0n) is 11.2. The maximum absolute atomic E-state index is 12.1. The molecule has 1 aromatic heterocycles. The van der Waals surface area contributed by atoms with E-state index < -0.39 is 5.97 Å². The Labute approximate surface area is 121 Å². The van der Waals surface area contributed by atoms with Crippen molar-refractivity contribution in [2.75, 3.05) is 12.8 Å². The summed E-state index contributed by atoms with van der Waals surface area (Å²) in [5.41, 5.74) is 1.07. The molecule has 0 saturated carbocycles. The smallest absolute Gasteiger partial charge is 0.354 e. The molecule has 0 unspecified atom stereocenters. The highest BCUT2D eigenvalue weighted by molar-refractivity contribution is 8.00. The summed E-state index contributed by atoms with van der Waals surface area (Å²) in [4.78, 5) is 29.0. The van der Waals surface area contributed by atoms with Crippen LogP contribution in [0.1, 0.15) is 29.8 Å². The monoisotopic (exact) mass is 292 g/mol. The second-order valence-corrected chi connectivity index (χ2v) is 5.56. The molecule has 1 aliphatic carbocycles. The first kappa shape index (κ1) is 14.6. The third-order valence-corrected chi connectivity index (χ3v) is 4.11. The highest BCUT2D eigenvalue weighted by Crippen LogP contribution is 2.23. The van der Waals surface area contributed by atoms with Crippen LogP contribution in [0, 0.1) is 0 Å². The van der Waals surface area contributed by atoms with Gasteiger partial charge in [-0.05, 0) is 31.4 Å². The molecular formula is C14H16N2O3S. The normalized spacial score (nSPS) is 13.9. The lowest BCUT2D eigenvalue weighted by molar-refractivity contribution is -0.125. The van der Waals surface area contributed by atoms with Gasteiger partial charge in [0.15, 0.2) is 0 Å². The predicted octanol–water partition coefficient (Wildman–Crippen LogP) is 2.40. The highest BCUT2D eigenvalue weighted by Gasteiger charge is 2.16. The molecule has 0 atom stereocenters. The summed E-state index contributed by atoms with van der Waals surface area (Å²) in [6.45, 7) is 0. The van der Waals surface area contributed by atoms with Crippen molar-refractivity contribution in [3.05, 3.63) is 35.8 Å². The van der Waals surface area contributed by atoms with Crippen molar-refractivity contribution in [1.29, 1.82) is 0 Å². The van der Waals surface area contributed by atoms with E-state index in [-0.39, 0.29) is 17.4 Å². The summed E-state index contributed by atoms with van der Waals surface area (Å²) in [6.07, 6.45) is 6.63. The van der Waals surface area contributed by atoms with E-state index in [0.29, 0.717) is 0 Å². The number of aromatic nitrogens is 1. The van der Waals surface area contributed by atoms with Crippen molar-refractivity contribution in [3.8, 4) is 0 Å². The highest BCUT2D eigenvalue weighted by atomic mass is 32.2. The lowest BCUT2D eigenvalue weighted by atomic mass is 10.3. The molecule has 0 fully saturated rings. The summed E-state index contributed by atoms with van der Waals surface area (Å²) in [5, 5.41) is 8.86. The molecule has 2 rings (SSSR count). The molecule has 1 aliphatic rings. The molecule has 106 valence electrons. The van der Waals surface area contributed by atoms with E-state index in [1.807, 2.05) is 0 Å². The first-order chi connectivity index (χ1) is 9.58. The molecule has 1 N–H and O–H groups in total. The van der Waals surface area contributed by atoms with Gasteiger partial charge < -0.3 is 10.0 Å². The number of carbonyl (C=O) groups excluding carboxylic acids is 1. The Kier molecular flexibility index (Phi) is 4.79. The Morgan fingerprint density at radius 1 is 1.50 bits per heavy atom. The Bertz CT molecular complexity index is 557. The Morgan fingerprint density at radius 2 is 2.30 bits per heavy atom. The number of rotatable bonds is 5. The van der Waals surface area contributed by atoms with Crippen LogP contribution in [0.3, 0.4) is 0 Å². The maximum Gasteiger partial charge on any atom is 0.354 e. The molecule has 1 heterocycles. The number of nitrogens with zero attached hydrogens (tertiary/aromatic N) is 2. The Morgan fingerprint density at radius 3 is 2.95 bits per heavy atom. The van der Waals surface area contributed by atoms with Gasteiger partial charge in [-0.25, -0.2) is 9.78 Å². The molecule has 1 amide bonds. The van der Waals surface area contributed by atoms with Crippen molar-refractivity contribution in [2.45, 2.75) is 24.2 Å². The maximum atomic E-state index is 12.1. The van der Waals surface area contributed by atoms with Crippen molar-refractivity contribution in [2.24, 2.45) is 0 Å². The van der Waals surface area contributed by atoms with Crippen LogP contribution in [0.4, 0.5) is 0 Å². The molecule has 0 aliphatic heterocycles. The summed E-state index contributed by atoms with van der Waals surface area (Å²) in [7, 11) is 1.79. The molecule has 5 nitrogen and oxygen atoms in total. The third kappa shape index (κ3) is 3.60. The summed E-state index contributed by atoms with van der Waals surface area (Å²) >= 11 is 1.33. The fourth-order valence-corrected chi connectivity index (χ4v) is 2.81. The van der Waals surface area contributed by atoms with Crippen LogP contribution in [0.2, 0.25) is 0 Å². The van der Waals surface area contributed by atoms with Crippen LogP contribution in [-0.2, 0) is 4.79 Å². The van der Waals surface area contributed by atoms with E-state index in [9.17, 15) is 9.59 Å². The molecule has 0 saturated heterocycles. The van der Waals surface area contributed by atoms with Gasteiger partial charge in [0.25, 0.3) is 0 Å². The topological polar surface area (TPSA) is 70.5 Å². The van der Waals surface area contributed by atoms with Gasteiger partial charge in [-0.2, -0.15) is 0 Å². The molecule has 0 aromatic carbocycles. The van der Waals surface area contributed by atoms with Gasteiger partial charge in [-0.3, -0.25) is 4.79 Å². The van der Waals surface area contributed by atoms with Gasteiger partial charge in [0.05, 0.1) is 5.75 Å². The first-order valence-electron chi connectivity index (χ1n) is 6.35. The average Bonchev–Trinajstić information content (AvgIpc) is 2.98. The Balaban J connectivity index is 1.93. The summed E-state index contributed by atoms with van der Waals surface area (Å²) in [6, 6.07) is 3.19.